The van der Waals surface area contributed by atoms with Crippen molar-refractivity contribution in [3.05, 3.63) is 322 Å². The molecule has 0 saturated carbocycles. The molecule has 12 aromatic heterocycles. The number of rotatable bonds is 3. The molecular formula is C100H53N9S3. The molecule has 12 heterocycles. The van der Waals surface area contributed by atoms with E-state index in [1.54, 1.807) is 0 Å². The highest BCUT2D eigenvalue weighted by Gasteiger charge is 2.29. The van der Waals surface area contributed by atoms with E-state index in [1.807, 2.05) is 70.4 Å². The van der Waals surface area contributed by atoms with Crippen LogP contribution in [-0.2, 0) is 0 Å². The van der Waals surface area contributed by atoms with Crippen molar-refractivity contribution >= 4 is 253 Å². The molecule has 0 saturated heterocycles. The summed E-state index contributed by atoms with van der Waals surface area (Å²) in [5.74, 6) is 0. The lowest BCUT2D eigenvalue weighted by Crippen LogP contribution is -1.88. The fraction of sp³-hybridized carbons (Fsp3) is 0. The topological polar surface area (TPSA) is 90.6 Å². The second kappa shape index (κ2) is 22.7. The van der Waals surface area contributed by atoms with Crippen LogP contribution in [-0.4, -0.2) is 43.1 Å². The van der Waals surface area contributed by atoms with Gasteiger partial charge >= 0.3 is 0 Å². The predicted molar refractivity (Wildman–Crippen MR) is 475 cm³/mol. The number of hydrogen-bond donors (Lipinski definition) is 0. The lowest BCUT2D eigenvalue weighted by molar-refractivity contribution is 1.28. The summed E-state index contributed by atoms with van der Waals surface area (Å²) in [5.41, 5.74) is 26.1. The van der Waals surface area contributed by atoms with E-state index in [-0.39, 0.29) is 0 Å². The van der Waals surface area contributed by atoms with Gasteiger partial charge in [-0.3, -0.25) is 13.2 Å². The summed E-state index contributed by atoms with van der Waals surface area (Å²) in [6, 6.07) is 115. The molecule has 0 atom stereocenters. The number of para-hydroxylation sites is 9. The highest BCUT2D eigenvalue weighted by atomic mass is 32.1. The van der Waals surface area contributed by atoms with Crippen molar-refractivity contribution < 1.29 is 0 Å². The van der Waals surface area contributed by atoms with Gasteiger partial charge in [0.2, 0.25) is 0 Å². The second-order valence-electron chi connectivity index (χ2n) is 29.5. The normalized spacial score (nSPS) is 12.5. The first-order valence-corrected chi connectivity index (χ1v) is 40.2. The minimum atomic E-state index is 0.922. The molecule has 0 fully saturated rings. The average molecular weight is 1480 g/mol. The van der Waals surface area contributed by atoms with Crippen LogP contribution in [0.15, 0.2) is 322 Å². The van der Waals surface area contributed by atoms with Gasteiger partial charge in [0.25, 0.3) is 0 Å². The van der Waals surface area contributed by atoms with E-state index in [4.69, 9.17) is 29.9 Å². The lowest BCUT2D eigenvalue weighted by Gasteiger charge is -2.06. The van der Waals surface area contributed by atoms with Crippen LogP contribution in [0.5, 0.6) is 0 Å². The van der Waals surface area contributed by atoms with Crippen LogP contribution in [0.2, 0.25) is 0 Å². The van der Waals surface area contributed by atoms with Gasteiger partial charge in [0, 0.05) is 109 Å². The highest BCUT2D eigenvalue weighted by molar-refractivity contribution is 7.28. The second-order valence-corrected chi connectivity index (χ2v) is 32.6. The van der Waals surface area contributed by atoms with Crippen LogP contribution >= 0.6 is 34.0 Å². The molecule has 0 spiro atoms. The molecule has 0 amide bonds. The van der Waals surface area contributed by atoms with Crippen LogP contribution in [0.4, 0.5) is 0 Å². The Kier molecular flexibility index (Phi) is 12.3. The van der Waals surface area contributed by atoms with Crippen LogP contribution in [0.25, 0.3) is 253 Å². The first kappa shape index (κ1) is 60.8. The summed E-state index contributed by atoms with van der Waals surface area (Å²) in [5, 5.41) is 21.5. The number of benzene rings is 16. The zero-order valence-corrected chi connectivity index (χ0v) is 61.8. The first-order chi connectivity index (χ1) is 55.5. The molecule has 0 aliphatic rings. The molecule has 0 radical (unpaired) electrons. The number of hydrogen-bond acceptors (Lipinski definition) is 9. The van der Waals surface area contributed by atoms with Crippen molar-refractivity contribution in [2.45, 2.75) is 0 Å². The summed E-state index contributed by atoms with van der Waals surface area (Å²) in [7, 11) is 0. The van der Waals surface area contributed by atoms with Gasteiger partial charge in [-0.05, 0) is 135 Å². The SMILES string of the molecule is c1ccc(-c2ccc3sc4c(cc5c6ccccc6n6c7nc8ccccc8nc7c4c56)c3c2)cc1.c1ccc(-c2cccc3c2sc2c3cc3c4ccccc4n4c5nc6ccccc6nc5c2c34)cc1.c1ccc2cc(-c3cccc4c3sc3c4cc4c5ccccc5n5c6nc7ccccc7nc6c3c45)ccc2c1. The van der Waals surface area contributed by atoms with Crippen molar-refractivity contribution in [1.82, 2.24) is 43.1 Å². The van der Waals surface area contributed by atoms with Gasteiger partial charge in [-0.1, -0.05) is 231 Å². The monoisotopic (exact) mass is 1480 g/mol. The third-order valence-electron chi connectivity index (χ3n) is 23.5. The molecule has 9 nitrogen and oxygen atoms in total. The maximum absolute atomic E-state index is 5.23. The van der Waals surface area contributed by atoms with E-state index in [0.29, 0.717) is 0 Å². The standard InChI is InChI=1S/C36H19N3S.2C32H17N3S/c1-2-9-21-18-22(17-16-20(21)8-1)23-11-7-12-25-27-19-26-24-10-3-6-15-30(24)39-33(26)31(35(27)40-34(23)25)32-36(39)38-29-14-5-4-13-28(29)37-32;1-2-9-18(10-3-1)19-12-8-13-21-23-17-22-20-11-4-7-16-26(20)35-29(22)27(31(23)36-30(19)21)28-32(35)34-25-15-6-5-14-24(25)33-28;1-2-8-18(9-3-1)19-14-15-27-21(16-19)23-17-22-20-10-4-7-13-26(20)35-30(22)28(31(23)36-27)29-32(35)34-25-12-6-5-11-24(25)33-29/h1-19H;2*1-17H. The fourth-order valence-electron chi connectivity index (χ4n) is 18.6. The van der Waals surface area contributed by atoms with Crippen molar-refractivity contribution in [2.75, 3.05) is 0 Å². The van der Waals surface area contributed by atoms with Gasteiger partial charge in [0.1, 0.15) is 16.6 Å². The maximum Gasteiger partial charge on any atom is 0.165 e. The Morgan fingerprint density at radius 1 is 0.205 bits per heavy atom. The molecule has 28 rings (SSSR count). The Balaban J connectivity index is 0.0000000933. The van der Waals surface area contributed by atoms with Gasteiger partial charge in [0.05, 0.1) is 66.2 Å². The molecule has 12 heteroatoms. The maximum atomic E-state index is 5.23. The van der Waals surface area contributed by atoms with E-state index in [0.717, 1.165) is 66.6 Å². The van der Waals surface area contributed by atoms with Crippen molar-refractivity contribution in [1.29, 1.82) is 0 Å². The van der Waals surface area contributed by atoms with Crippen molar-refractivity contribution in [2.24, 2.45) is 0 Å². The van der Waals surface area contributed by atoms with Gasteiger partial charge in [-0.15, -0.1) is 34.0 Å². The molecule has 0 aliphatic carbocycles. The molecule has 0 aliphatic heterocycles. The molecule has 0 bridgehead atoms. The summed E-state index contributed by atoms with van der Waals surface area (Å²) in [6.07, 6.45) is 0. The molecule has 0 unspecified atom stereocenters. The zero-order chi connectivity index (χ0) is 72.7. The smallest absolute Gasteiger partial charge is 0.165 e. The Bertz CT molecular complexity index is 8860. The van der Waals surface area contributed by atoms with Crippen molar-refractivity contribution in [3.8, 4) is 33.4 Å². The van der Waals surface area contributed by atoms with Crippen molar-refractivity contribution in [3.63, 3.8) is 0 Å². The quantitative estimate of drug-likeness (QED) is 0.175. The fourth-order valence-corrected chi connectivity index (χ4v) is 22.5. The average Bonchev–Trinajstić information content (AvgIpc) is 1.53. The Morgan fingerprint density at radius 3 is 1.04 bits per heavy atom. The Morgan fingerprint density at radius 2 is 0.571 bits per heavy atom. The summed E-state index contributed by atoms with van der Waals surface area (Å²) < 4.78 is 14.8. The van der Waals surface area contributed by atoms with Crippen LogP contribution in [0.3, 0.4) is 0 Å². The van der Waals surface area contributed by atoms with E-state index >= 15 is 0 Å². The minimum absolute atomic E-state index is 0.922. The predicted octanol–water partition coefficient (Wildman–Crippen LogP) is 27.6. The van der Waals surface area contributed by atoms with Crippen LogP contribution in [0, 0.1) is 0 Å². The van der Waals surface area contributed by atoms with E-state index in [2.05, 4.69) is 298 Å². The van der Waals surface area contributed by atoms with Gasteiger partial charge in [-0.2, -0.15) is 0 Å². The third kappa shape index (κ3) is 8.38. The molecule has 16 aromatic carbocycles. The van der Waals surface area contributed by atoms with E-state index < -0.39 is 0 Å². The zero-order valence-electron chi connectivity index (χ0n) is 59.3. The van der Waals surface area contributed by atoms with E-state index in [9.17, 15) is 0 Å². The number of fused-ring (bicyclic) bond motifs is 34. The number of aromatic nitrogens is 9. The highest BCUT2D eigenvalue weighted by Crippen LogP contribution is 2.53. The molecule has 0 N–H and O–H groups in total. The molecular weight excluding hydrogens is 1420 g/mol. The molecule has 28 aromatic rings. The lowest BCUT2D eigenvalue weighted by atomic mass is 9.99. The Labute approximate surface area is 646 Å². The van der Waals surface area contributed by atoms with Gasteiger partial charge < -0.3 is 0 Å². The summed E-state index contributed by atoms with van der Waals surface area (Å²) >= 11 is 5.63. The summed E-state index contributed by atoms with van der Waals surface area (Å²) in [6.45, 7) is 0. The molecule has 112 heavy (non-hydrogen) atoms. The van der Waals surface area contributed by atoms with Crippen LogP contribution in [0.1, 0.15) is 0 Å². The summed E-state index contributed by atoms with van der Waals surface area (Å²) in [4.78, 5) is 31.1. The Hall–Kier alpha value is -14.1. The molecule has 516 valence electrons. The van der Waals surface area contributed by atoms with E-state index in [1.165, 1.54) is 186 Å². The largest absolute Gasteiger partial charge is 0.291 e. The number of nitrogens with zero attached hydrogens (tertiary/aromatic N) is 9. The van der Waals surface area contributed by atoms with Gasteiger partial charge in [-0.25, -0.2) is 29.9 Å². The first-order valence-electron chi connectivity index (χ1n) is 37.7. The number of thiophene rings is 3. The van der Waals surface area contributed by atoms with Gasteiger partial charge in [0.15, 0.2) is 16.9 Å². The third-order valence-corrected chi connectivity index (χ3v) is 27.2. The van der Waals surface area contributed by atoms with Crippen LogP contribution < -0.4 is 0 Å². The minimum Gasteiger partial charge on any atom is -0.291 e.